The molecule has 4 aromatic rings. The third-order valence-corrected chi connectivity index (χ3v) is 6.49. The molecule has 2 aromatic heterocycles. The number of nitrogens with zero attached hydrogens (tertiary/aromatic N) is 1. The molecular formula is C25H22N2O4S. The van der Waals surface area contributed by atoms with Gasteiger partial charge < -0.3 is 9.15 Å². The summed E-state index contributed by atoms with van der Waals surface area (Å²) in [7, 11) is 0. The number of carbonyl (C=O) groups excluding carboxylic acids is 1. The Morgan fingerprint density at radius 2 is 2.00 bits per heavy atom. The first kappa shape index (κ1) is 20.5. The standard InChI is InChI=1S/C25H22N2O4S/c1-14-6-7-15(2)20(10-14)21-13-32-25(26-21)27-23(28)12-30-16-8-9-18-17-4-3-5-19(17)24(29)31-22(18)11-16/h6-11,13H,3-5,12H2,1-2H3,(H,26,27,28). The molecule has 0 atom stereocenters. The van der Waals surface area contributed by atoms with Crippen molar-refractivity contribution in [3.8, 4) is 17.0 Å². The summed E-state index contributed by atoms with van der Waals surface area (Å²) in [4.78, 5) is 29.1. The average Bonchev–Trinajstić information content (AvgIpc) is 3.44. The molecule has 1 amide bonds. The lowest BCUT2D eigenvalue weighted by Gasteiger charge is -2.08. The number of amides is 1. The third kappa shape index (κ3) is 3.91. The summed E-state index contributed by atoms with van der Waals surface area (Å²) in [6, 6.07) is 11.6. The highest BCUT2D eigenvalue weighted by Gasteiger charge is 2.20. The highest BCUT2D eigenvalue weighted by Crippen LogP contribution is 2.30. The van der Waals surface area contributed by atoms with Crippen LogP contribution in [-0.2, 0) is 17.6 Å². The molecule has 0 spiro atoms. The quantitative estimate of drug-likeness (QED) is 0.435. The summed E-state index contributed by atoms with van der Waals surface area (Å²) >= 11 is 1.38. The Kier molecular flexibility index (Phi) is 5.27. The lowest BCUT2D eigenvalue weighted by molar-refractivity contribution is -0.118. The predicted molar refractivity (Wildman–Crippen MR) is 126 cm³/mol. The number of hydrogen-bond acceptors (Lipinski definition) is 6. The third-order valence-electron chi connectivity index (χ3n) is 5.73. The maximum Gasteiger partial charge on any atom is 0.339 e. The summed E-state index contributed by atoms with van der Waals surface area (Å²) in [6.45, 7) is 3.92. The van der Waals surface area contributed by atoms with E-state index in [1.807, 2.05) is 25.3 Å². The normalized spacial score (nSPS) is 12.7. The Labute approximate surface area is 188 Å². The zero-order valence-electron chi connectivity index (χ0n) is 17.9. The second-order valence-corrected chi connectivity index (χ2v) is 8.91. The van der Waals surface area contributed by atoms with Crippen molar-refractivity contribution in [2.45, 2.75) is 33.1 Å². The predicted octanol–water partition coefficient (Wildman–Crippen LogP) is 5.04. The van der Waals surface area contributed by atoms with Crippen LogP contribution in [0, 0.1) is 13.8 Å². The molecule has 0 saturated carbocycles. The number of fused-ring (bicyclic) bond motifs is 3. The zero-order valence-corrected chi connectivity index (χ0v) is 18.7. The molecule has 1 N–H and O–H groups in total. The van der Waals surface area contributed by atoms with E-state index in [1.165, 1.54) is 11.3 Å². The van der Waals surface area contributed by atoms with Crippen molar-refractivity contribution in [1.29, 1.82) is 0 Å². The maximum absolute atomic E-state index is 12.4. The van der Waals surface area contributed by atoms with Crippen LogP contribution < -0.4 is 15.7 Å². The molecule has 0 fully saturated rings. The van der Waals surface area contributed by atoms with E-state index in [0.29, 0.717) is 16.5 Å². The van der Waals surface area contributed by atoms with Crippen molar-refractivity contribution >= 4 is 33.3 Å². The van der Waals surface area contributed by atoms with Crippen molar-refractivity contribution in [3.05, 3.63) is 74.5 Å². The highest BCUT2D eigenvalue weighted by atomic mass is 32.1. The van der Waals surface area contributed by atoms with Crippen molar-refractivity contribution in [2.24, 2.45) is 0 Å². The van der Waals surface area contributed by atoms with E-state index < -0.39 is 0 Å². The summed E-state index contributed by atoms with van der Waals surface area (Å²) < 4.78 is 11.1. The van der Waals surface area contributed by atoms with Gasteiger partial charge in [-0.1, -0.05) is 17.7 Å². The van der Waals surface area contributed by atoms with Crippen molar-refractivity contribution < 1.29 is 13.9 Å². The van der Waals surface area contributed by atoms with Crippen LogP contribution in [0.5, 0.6) is 5.75 Å². The number of anilines is 1. The van der Waals surface area contributed by atoms with Gasteiger partial charge in [-0.3, -0.25) is 10.1 Å². The Hall–Kier alpha value is -3.45. The number of nitrogens with one attached hydrogen (secondary N) is 1. The first-order valence-corrected chi connectivity index (χ1v) is 11.4. The summed E-state index contributed by atoms with van der Waals surface area (Å²) in [5.74, 6) is 0.173. The number of carbonyl (C=O) groups is 1. The molecule has 0 aliphatic heterocycles. The van der Waals surface area contributed by atoms with Crippen molar-refractivity contribution in [3.63, 3.8) is 0 Å². The molecule has 32 heavy (non-hydrogen) atoms. The lowest BCUT2D eigenvalue weighted by Crippen LogP contribution is -2.20. The smallest absolute Gasteiger partial charge is 0.339 e. The second-order valence-electron chi connectivity index (χ2n) is 8.05. The Morgan fingerprint density at radius 3 is 2.88 bits per heavy atom. The van der Waals surface area contributed by atoms with Gasteiger partial charge >= 0.3 is 5.63 Å². The molecule has 0 unspecified atom stereocenters. The maximum atomic E-state index is 12.4. The first-order valence-electron chi connectivity index (χ1n) is 10.5. The molecule has 0 bridgehead atoms. The zero-order chi connectivity index (χ0) is 22.2. The fourth-order valence-electron chi connectivity index (χ4n) is 4.12. The minimum absolute atomic E-state index is 0.168. The monoisotopic (exact) mass is 446 g/mol. The van der Waals surface area contributed by atoms with Gasteiger partial charge in [-0.2, -0.15) is 0 Å². The van der Waals surface area contributed by atoms with Gasteiger partial charge in [0.05, 0.1) is 5.69 Å². The number of thiazole rings is 1. The number of ether oxygens (including phenoxy) is 1. The van der Waals surface area contributed by atoms with Gasteiger partial charge in [-0.25, -0.2) is 9.78 Å². The molecule has 1 aliphatic rings. The number of rotatable bonds is 5. The SMILES string of the molecule is Cc1ccc(C)c(-c2csc(NC(=O)COc3ccc4c5c(c(=O)oc4c3)CCC5)n2)c1. The van der Waals surface area contributed by atoms with Gasteiger partial charge in [0, 0.05) is 28.0 Å². The van der Waals surface area contributed by atoms with Gasteiger partial charge in [0.25, 0.3) is 5.91 Å². The van der Waals surface area contributed by atoms with E-state index in [1.54, 1.807) is 12.1 Å². The molecule has 162 valence electrons. The molecule has 2 aromatic carbocycles. The van der Waals surface area contributed by atoms with E-state index in [2.05, 4.69) is 28.5 Å². The number of aryl methyl sites for hydroxylation is 3. The van der Waals surface area contributed by atoms with E-state index in [4.69, 9.17) is 9.15 Å². The highest BCUT2D eigenvalue weighted by molar-refractivity contribution is 7.14. The largest absolute Gasteiger partial charge is 0.484 e. The number of hydrogen-bond donors (Lipinski definition) is 1. The van der Waals surface area contributed by atoms with Gasteiger partial charge in [0.2, 0.25) is 0 Å². The minimum atomic E-state index is -0.303. The average molecular weight is 447 g/mol. The molecule has 2 heterocycles. The summed E-state index contributed by atoms with van der Waals surface area (Å²) in [6.07, 6.45) is 2.63. The summed E-state index contributed by atoms with van der Waals surface area (Å²) in [5, 5.41) is 6.18. The Balaban J connectivity index is 1.26. The van der Waals surface area contributed by atoms with E-state index in [0.717, 1.165) is 58.2 Å². The van der Waals surface area contributed by atoms with Gasteiger partial charge in [0.15, 0.2) is 11.7 Å². The van der Waals surface area contributed by atoms with Crippen molar-refractivity contribution in [2.75, 3.05) is 11.9 Å². The summed E-state index contributed by atoms with van der Waals surface area (Å²) in [5.41, 5.74) is 6.27. The van der Waals surface area contributed by atoms with Crippen LogP contribution in [0.3, 0.4) is 0 Å². The fourth-order valence-corrected chi connectivity index (χ4v) is 4.85. The van der Waals surface area contributed by atoms with E-state index >= 15 is 0 Å². The van der Waals surface area contributed by atoms with Crippen LogP contribution in [0.25, 0.3) is 22.2 Å². The second kappa shape index (κ2) is 8.24. The molecule has 0 radical (unpaired) electrons. The Bertz CT molecular complexity index is 1400. The molecule has 5 rings (SSSR count). The van der Waals surface area contributed by atoms with Crippen LogP contribution >= 0.6 is 11.3 Å². The van der Waals surface area contributed by atoms with Crippen LogP contribution in [0.15, 0.2) is 51.0 Å². The van der Waals surface area contributed by atoms with Crippen LogP contribution in [-0.4, -0.2) is 17.5 Å². The van der Waals surface area contributed by atoms with Crippen LogP contribution in [0.1, 0.15) is 28.7 Å². The molecular weight excluding hydrogens is 424 g/mol. The van der Waals surface area contributed by atoms with Gasteiger partial charge in [-0.05, 0) is 62.4 Å². The topological polar surface area (TPSA) is 81.4 Å². The Morgan fingerprint density at radius 1 is 1.16 bits per heavy atom. The van der Waals surface area contributed by atoms with Crippen LogP contribution in [0.2, 0.25) is 0 Å². The van der Waals surface area contributed by atoms with E-state index in [-0.39, 0.29) is 18.1 Å². The molecule has 6 nitrogen and oxygen atoms in total. The number of benzene rings is 2. The van der Waals surface area contributed by atoms with Crippen molar-refractivity contribution in [1.82, 2.24) is 4.98 Å². The molecule has 0 saturated heterocycles. The molecule has 7 heteroatoms. The van der Waals surface area contributed by atoms with Gasteiger partial charge in [0.1, 0.15) is 11.3 Å². The first-order chi connectivity index (χ1) is 15.5. The fraction of sp³-hybridized carbons (Fsp3) is 0.240. The molecule has 1 aliphatic carbocycles. The van der Waals surface area contributed by atoms with E-state index in [9.17, 15) is 9.59 Å². The van der Waals surface area contributed by atoms with Gasteiger partial charge in [-0.15, -0.1) is 11.3 Å². The minimum Gasteiger partial charge on any atom is -0.484 e. The lowest BCUT2D eigenvalue weighted by atomic mass is 10.0. The number of aromatic nitrogens is 1. The van der Waals surface area contributed by atoms with Crippen LogP contribution in [0.4, 0.5) is 5.13 Å².